The number of aryl methyl sites for hydroxylation is 1. The maximum absolute atomic E-state index is 11.8. The summed E-state index contributed by atoms with van der Waals surface area (Å²) in [5.74, 6) is 2.02. The van der Waals surface area contributed by atoms with E-state index in [2.05, 4.69) is 43.1 Å². The van der Waals surface area contributed by atoms with Crippen LogP contribution in [-0.2, 0) is 25.7 Å². The zero-order valence-corrected chi connectivity index (χ0v) is 14.9. The van der Waals surface area contributed by atoms with E-state index in [-0.39, 0.29) is 5.78 Å². The lowest BCUT2D eigenvalue weighted by Crippen LogP contribution is -2.18. The maximum Gasteiger partial charge on any atom is 0.163 e. The van der Waals surface area contributed by atoms with Crippen LogP contribution in [0.4, 0.5) is 0 Å². The summed E-state index contributed by atoms with van der Waals surface area (Å²) in [6, 6.07) is 8.73. The summed E-state index contributed by atoms with van der Waals surface area (Å²) in [5, 5.41) is 0. The third kappa shape index (κ3) is 3.89. The van der Waals surface area contributed by atoms with Gasteiger partial charge in [-0.25, -0.2) is 9.97 Å². The molecule has 2 aromatic rings. The van der Waals surface area contributed by atoms with E-state index in [4.69, 9.17) is 4.98 Å². The van der Waals surface area contributed by atoms with Gasteiger partial charge in [-0.1, -0.05) is 38.1 Å². The van der Waals surface area contributed by atoms with Crippen LogP contribution in [0.3, 0.4) is 0 Å². The molecule has 1 heterocycles. The molecule has 0 N–H and O–H groups in total. The first-order chi connectivity index (χ1) is 11.5. The first kappa shape index (κ1) is 16.8. The molecule has 1 aromatic carbocycles. The fraction of sp³-hybridized carbons (Fsp3) is 0.476. The number of Topliss-reactive ketones (excluding diaryl/α,β-unsaturated/α-hetero) is 1. The molecule has 0 bridgehead atoms. The molecule has 24 heavy (non-hydrogen) atoms. The number of carbonyl (C=O) groups is 1. The topological polar surface area (TPSA) is 42.9 Å². The van der Waals surface area contributed by atoms with Crippen molar-refractivity contribution in [3.05, 3.63) is 58.7 Å². The Morgan fingerprint density at radius 1 is 1.25 bits per heavy atom. The fourth-order valence-electron chi connectivity index (χ4n) is 3.60. The molecule has 1 atom stereocenters. The molecule has 0 amide bonds. The number of hydrogen-bond donors (Lipinski definition) is 0. The Morgan fingerprint density at radius 3 is 2.71 bits per heavy atom. The Balaban J connectivity index is 1.77. The quantitative estimate of drug-likeness (QED) is 0.774. The number of rotatable bonds is 5. The standard InChI is InChI=1S/C21H26N2O/c1-14(2)10-20-19(15(3)24)13-22-21(23-20)12-16-8-9-17-6-4-5-7-18(17)11-16/h4-7,13-14,16H,8-12H2,1-3H3/t16-/m1/s1. The molecule has 3 rings (SSSR count). The molecule has 1 aliphatic carbocycles. The molecule has 0 radical (unpaired) electrons. The third-order valence-electron chi connectivity index (χ3n) is 4.82. The zero-order valence-electron chi connectivity index (χ0n) is 14.9. The predicted molar refractivity (Wildman–Crippen MR) is 96.2 cm³/mol. The molecular weight excluding hydrogens is 296 g/mol. The first-order valence-electron chi connectivity index (χ1n) is 8.95. The van der Waals surface area contributed by atoms with Gasteiger partial charge in [-0.05, 0) is 55.6 Å². The Bertz CT molecular complexity index is 736. The summed E-state index contributed by atoms with van der Waals surface area (Å²) in [6.07, 6.45) is 6.90. The van der Waals surface area contributed by atoms with Crippen molar-refractivity contribution in [1.82, 2.24) is 9.97 Å². The van der Waals surface area contributed by atoms with E-state index in [1.807, 2.05) is 0 Å². The van der Waals surface area contributed by atoms with Crippen LogP contribution in [0.2, 0.25) is 0 Å². The van der Waals surface area contributed by atoms with Crippen molar-refractivity contribution >= 4 is 5.78 Å². The zero-order chi connectivity index (χ0) is 17.1. The normalized spacial score (nSPS) is 16.9. The lowest BCUT2D eigenvalue weighted by atomic mass is 9.82. The SMILES string of the molecule is CC(=O)c1cnc(C[C@@H]2CCc3ccccc3C2)nc1CC(C)C. The van der Waals surface area contributed by atoms with E-state index in [0.29, 0.717) is 17.4 Å². The molecule has 3 nitrogen and oxygen atoms in total. The molecule has 126 valence electrons. The second-order valence-electron chi connectivity index (χ2n) is 7.38. The van der Waals surface area contributed by atoms with Crippen molar-refractivity contribution in [2.45, 2.75) is 52.9 Å². The number of benzene rings is 1. The van der Waals surface area contributed by atoms with Crippen molar-refractivity contribution in [3.63, 3.8) is 0 Å². The maximum atomic E-state index is 11.8. The largest absolute Gasteiger partial charge is 0.294 e. The summed E-state index contributed by atoms with van der Waals surface area (Å²) in [6.45, 7) is 5.91. The summed E-state index contributed by atoms with van der Waals surface area (Å²) >= 11 is 0. The van der Waals surface area contributed by atoms with Crippen molar-refractivity contribution < 1.29 is 4.79 Å². The minimum Gasteiger partial charge on any atom is -0.294 e. The molecule has 1 aromatic heterocycles. The minimum atomic E-state index is 0.0591. The van der Waals surface area contributed by atoms with Crippen LogP contribution < -0.4 is 0 Å². The van der Waals surface area contributed by atoms with Crippen LogP contribution in [-0.4, -0.2) is 15.8 Å². The van der Waals surface area contributed by atoms with Crippen LogP contribution in [0.1, 0.15) is 60.2 Å². The Labute approximate surface area is 144 Å². The highest BCUT2D eigenvalue weighted by molar-refractivity contribution is 5.94. The summed E-state index contributed by atoms with van der Waals surface area (Å²) in [5.41, 5.74) is 4.55. The third-order valence-corrected chi connectivity index (χ3v) is 4.82. The molecule has 0 fully saturated rings. The van der Waals surface area contributed by atoms with Crippen LogP contribution in [0.25, 0.3) is 0 Å². The van der Waals surface area contributed by atoms with Crippen LogP contribution >= 0.6 is 0 Å². The smallest absolute Gasteiger partial charge is 0.163 e. The highest BCUT2D eigenvalue weighted by Gasteiger charge is 2.20. The molecule has 0 aliphatic heterocycles. The van der Waals surface area contributed by atoms with Gasteiger partial charge in [0.15, 0.2) is 5.78 Å². The number of aromatic nitrogens is 2. The van der Waals surface area contributed by atoms with Gasteiger partial charge in [0.25, 0.3) is 0 Å². The van der Waals surface area contributed by atoms with Crippen molar-refractivity contribution in [1.29, 1.82) is 0 Å². The lowest BCUT2D eigenvalue weighted by Gasteiger charge is -2.24. The highest BCUT2D eigenvalue weighted by Crippen LogP contribution is 2.27. The minimum absolute atomic E-state index is 0.0591. The van der Waals surface area contributed by atoms with E-state index in [0.717, 1.165) is 37.2 Å². The Morgan fingerprint density at radius 2 is 2.00 bits per heavy atom. The van der Waals surface area contributed by atoms with E-state index < -0.39 is 0 Å². The fourth-order valence-corrected chi connectivity index (χ4v) is 3.60. The molecular formula is C21H26N2O. The van der Waals surface area contributed by atoms with Crippen LogP contribution in [0.5, 0.6) is 0 Å². The van der Waals surface area contributed by atoms with Gasteiger partial charge in [0.05, 0.1) is 11.3 Å². The second-order valence-corrected chi connectivity index (χ2v) is 7.38. The van der Waals surface area contributed by atoms with Gasteiger partial charge in [0.1, 0.15) is 5.82 Å². The van der Waals surface area contributed by atoms with Crippen molar-refractivity contribution in [3.8, 4) is 0 Å². The van der Waals surface area contributed by atoms with Crippen LogP contribution in [0.15, 0.2) is 30.5 Å². The number of fused-ring (bicyclic) bond motifs is 1. The van der Waals surface area contributed by atoms with E-state index in [1.54, 1.807) is 13.1 Å². The number of carbonyl (C=O) groups excluding carboxylic acids is 1. The molecule has 0 saturated carbocycles. The number of ketones is 1. The predicted octanol–water partition coefficient (Wildman–Crippen LogP) is 4.23. The molecule has 0 saturated heterocycles. The monoisotopic (exact) mass is 322 g/mol. The molecule has 0 unspecified atom stereocenters. The van der Waals surface area contributed by atoms with Crippen molar-refractivity contribution in [2.24, 2.45) is 11.8 Å². The molecule has 3 heteroatoms. The molecule has 1 aliphatic rings. The first-order valence-corrected chi connectivity index (χ1v) is 8.95. The Kier molecular flexibility index (Phi) is 5.08. The number of hydrogen-bond acceptors (Lipinski definition) is 3. The lowest BCUT2D eigenvalue weighted by molar-refractivity contribution is 0.101. The van der Waals surface area contributed by atoms with Gasteiger partial charge >= 0.3 is 0 Å². The van der Waals surface area contributed by atoms with E-state index in [1.165, 1.54) is 17.5 Å². The summed E-state index contributed by atoms with van der Waals surface area (Å²) in [7, 11) is 0. The summed E-state index contributed by atoms with van der Waals surface area (Å²) in [4.78, 5) is 21.0. The van der Waals surface area contributed by atoms with Gasteiger partial charge in [-0.15, -0.1) is 0 Å². The second kappa shape index (κ2) is 7.25. The van der Waals surface area contributed by atoms with Gasteiger partial charge in [0, 0.05) is 12.6 Å². The van der Waals surface area contributed by atoms with Gasteiger partial charge < -0.3 is 0 Å². The van der Waals surface area contributed by atoms with Gasteiger partial charge in [-0.2, -0.15) is 0 Å². The number of nitrogens with zero attached hydrogens (tertiary/aromatic N) is 2. The highest BCUT2D eigenvalue weighted by atomic mass is 16.1. The average molecular weight is 322 g/mol. The average Bonchev–Trinajstić information content (AvgIpc) is 2.54. The van der Waals surface area contributed by atoms with Gasteiger partial charge in [-0.3, -0.25) is 4.79 Å². The van der Waals surface area contributed by atoms with Crippen LogP contribution in [0, 0.1) is 11.8 Å². The summed E-state index contributed by atoms with van der Waals surface area (Å²) < 4.78 is 0. The van der Waals surface area contributed by atoms with E-state index >= 15 is 0 Å². The van der Waals surface area contributed by atoms with Crippen molar-refractivity contribution in [2.75, 3.05) is 0 Å². The van der Waals surface area contributed by atoms with E-state index in [9.17, 15) is 4.79 Å². The molecule has 0 spiro atoms. The van der Waals surface area contributed by atoms with Gasteiger partial charge in [0.2, 0.25) is 0 Å². The Hall–Kier alpha value is -2.03.